The van der Waals surface area contributed by atoms with Crippen LogP contribution in [-0.4, -0.2) is 19.1 Å². The van der Waals surface area contributed by atoms with Crippen molar-refractivity contribution in [2.24, 2.45) is 5.84 Å². The first-order chi connectivity index (χ1) is 7.31. The van der Waals surface area contributed by atoms with Gasteiger partial charge in [0.1, 0.15) is 10.7 Å². The van der Waals surface area contributed by atoms with Crippen LogP contribution in [0.15, 0.2) is 23.3 Å². The van der Waals surface area contributed by atoms with E-state index in [0.29, 0.717) is 17.2 Å². The fourth-order valence-electron chi connectivity index (χ4n) is 1.09. The molecule has 0 aliphatic heterocycles. The minimum absolute atomic E-state index is 0.308. The lowest BCUT2D eigenvalue weighted by Gasteiger charge is -2.02. The molecule has 2 aromatic heterocycles. The number of rotatable bonds is 3. The SMILES string of the molecule is NNc1snnc1Cn1cccnc1=O. The Balaban J connectivity index is 2.30. The van der Waals surface area contributed by atoms with Crippen LogP contribution in [0.3, 0.4) is 0 Å². The third kappa shape index (κ3) is 2.00. The van der Waals surface area contributed by atoms with Crippen molar-refractivity contribution in [2.75, 3.05) is 5.43 Å². The maximum Gasteiger partial charge on any atom is 0.347 e. The first-order valence-corrected chi connectivity index (χ1v) is 4.88. The van der Waals surface area contributed by atoms with E-state index in [1.165, 1.54) is 10.8 Å². The van der Waals surface area contributed by atoms with Crippen LogP contribution in [0.2, 0.25) is 0 Å². The van der Waals surface area contributed by atoms with Gasteiger partial charge in [0, 0.05) is 23.9 Å². The zero-order valence-corrected chi connectivity index (χ0v) is 8.44. The monoisotopic (exact) mass is 224 g/mol. The van der Waals surface area contributed by atoms with Crippen LogP contribution in [0.5, 0.6) is 0 Å². The second kappa shape index (κ2) is 4.15. The topological polar surface area (TPSA) is 98.7 Å². The maximum absolute atomic E-state index is 11.3. The summed E-state index contributed by atoms with van der Waals surface area (Å²) < 4.78 is 5.16. The van der Waals surface area contributed by atoms with Crippen LogP contribution < -0.4 is 17.0 Å². The van der Waals surface area contributed by atoms with Crippen molar-refractivity contribution in [1.82, 2.24) is 19.1 Å². The molecule has 0 radical (unpaired) electrons. The van der Waals surface area contributed by atoms with Gasteiger partial charge in [0.15, 0.2) is 0 Å². The van der Waals surface area contributed by atoms with E-state index in [1.807, 2.05) is 0 Å². The standard InChI is InChI=1S/C7H8N6OS/c8-10-6-5(11-12-15-6)4-13-3-1-2-9-7(13)14/h1-3,10H,4,8H2. The highest BCUT2D eigenvalue weighted by molar-refractivity contribution is 7.10. The Bertz CT molecular complexity index is 506. The molecule has 0 amide bonds. The lowest BCUT2D eigenvalue weighted by atomic mass is 10.4. The first-order valence-electron chi connectivity index (χ1n) is 4.10. The van der Waals surface area contributed by atoms with Crippen molar-refractivity contribution < 1.29 is 0 Å². The highest BCUT2D eigenvalue weighted by atomic mass is 32.1. The van der Waals surface area contributed by atoms with Crippen LogP contribution >= 0.6 is 11.5 Å². The fraction of sp³-hybridized carbons (Fsp3) is 0.143. The summed E-state index contributed by atoms with van der Waals surface area (Å²) in [6.45, 7) is 0.308. The molecule has 8 heteroatoms. The van der Waals surface area contributed by atoms with Gasteiger partial charge in [-0.25, -0.2) is 15.6 Å². The highest BCUT2D eigenvalue weighted by Crippen LogP contribution is 2.15. The molecular weight excluding hydrogens is 216 g/mol. The molecule has 0 fully saturated rings. The molecule has 3 N–H and O–H groups in total. The van der Waals surface area contributed by atoms with E-state index >= 15 is 0 Å². The van der Waals surface area contributed by atoms with E-state index in [2.05, 4.69) is 20.0 Å². The van der Waals surface area contributed by atoms with Gasteiger partial charge in [-0.15, -0.1) is 5.10 Å². The van der Waals surface area contributed by atoms with E-state index in [1.54, 1.807) is 12.3 Å². The van der Waals surface area contributed by atoms with Gasteiger partial charge in [0.05, 0.1) is 6.54 Å². The van der Waals surface area contributed by atoms with Crippen molar-refractivity contribution in [3.8, 4) is 0 Å². The Morgan fingerprint density at radius 2 is 2.47 bits per heavy atom. The molecule has 15 heavy (non-hydrogen) atoms. The van der Waals surface area contributed by atoms with Gasteiger partial charge >= 0.3 is 5.69 Å². The molecule has 2 heterocycles. The van der Waals surface area contributed by atoms with Crippen LogP contribution in [0.1, 0.15) is 5.69 Å². The van der Waals surface area contributed by atoms with Crippen molar-refractivity contribution in [3.05, 3.63) is 34.6 Å². The predicted molar refractivity (Wildman–Crippen MR) is 55.3 cm³/mol. The van der Waals surface area contributed by atoms with Crippen LogP contribution in [-0.2, 0) is 6.54 Å². The number of aromatic nitrogens is 4. The smallest absolute Gasteiger partial charge is 0.313 e. The van der Waals surface area contributed by atoms with Crippen molar-refractivity contribution >= 4 is 16.5 Å². The van der Waals surface area contributed by atoms with Gasteiger partial charge in [0.2, 0.25) is 0 Å². The number of nitrogens with one attached hydrogen (secondary N) is 1. The van der Waals surface area contributed by atoms with Gasteiger partial charge in [-0.2, -0.15) is 0 Å². The zero-order chi connectivity index (χ0) is 10.7. The quantitative estimate of drug-likeness (QED) is 0.535. The van der Waals surface area contributed by atoms with Gasteiger partial charge < -0.3 is 5.43 Å². The molecule has 0 spiro atoms. The summed E-state index contributed by atoms with van der Waals surface area (Å²) in [5.41, 5.74) is 2.77. The highest BCUT2D eigenvalue weighted by Gasteiger charge is 2.07. The minimum atomic E-state index is -0.325. The molecule has 0 aromatic carbocycles. The van der Waals surface area contributed by atoms with E-state index in [4.69, 9.17) is 5.84 Å². The number of hydrogen-bond acceptors (Lipinski definition) is 7. The number of nitrogens with zero attached hydrogens (tertiary/aromatic N) is 4. The number of hydrazine groups is 1. The Morgan fingerprint density at radius 3 is 3.20 bits per heavy atom. The number of anilines is 1. The van der Waals surface area contributed by atoms with Crippen molar-refractivity contribution in [1.29, 1.82) is 0 Å². The molecule has 0 saturated carbocycles. The van der Waals surface area contributed by atoms with Crippen LogP contribution in [0.4, 0.5) is 5.00 Å². The normalized spacial score (nSPS) is 10.2. The number of nitrogens with two attached hydrogens (primary N) is 1. The van der Waals surface area contributed by atoms with Gasteiger partial charge in [-0.1, -0.05) is 4.49 Å². The second-order valence-electron chi connectivity index (χ2n) is 2.72. The number of nitrogen functional groups attached to an aromatic ring is 1. The largest absolute Gasteiger partial charge is 0.347 e. The molecule has 2 aromatic rings. The molecule has 7 nitrogen and oxygen atoms in total. The zero-order valence-electron chi connectivity index (χ0n) is 7.62. The van der Waals surface area contributed by atoms with E-state index < -0.39 is 0 Å². The molecule has 2 rings (SSSR count). The molecule has 0 saturated heterocycles. The minimum Gasteiger partial charge on any atom is -0.313 e. The molecule has 0 aliphatic rings. The van der Waals surface area contributed by atoms with Gasteiger partial charge in [-0.3, -0.25) is 4.57 Å². The first kappa shape index (κ1) is 9.74. The van der Waals surface area contributed by atoms with E-state index in [0.717, 1.165) is 11.5 Å². The summed E-state index contributed by atoms with van der Waals surface area (Å²) in [7, 11) is 0. The Labute approximate surface area is 88.7 Å². The fourth-order valence-corrected chi connectivity index (χ4v) is 1.57. The lowest BCUT2D eigenvalue weighted by Crippen LogP contribution is -2.22. The van der Waals surface area contributed by atoms with E-state index in [9.17, 15) is 4.79 Å². The van der Waals surface area contributed by atoms with Crippen molar-refractivity contribution in [3.63, 3.8) is 0 Å². The van der Waals surface area contributed by atoms with Gasteiger partial charge in [0.25, 0.3) is 0 Å². The molecule has 0 unspecified atom stereocenters. The summed E-state index contributed by atoms with van der Waals surface area (Å²) in [6, 6.07) is 1.68. The average molecular weight is 224 g/mol. The Hall–Kier alpha value is -1.80. The summed E-state index contributed by atoms with van der Waals surface area (Å²) in [5, 5.41) is 4.51. The van der Waals surface area contributed by atoms with Crippen LogP contribution in [0, 0.1) is 0 Å². The third-order valence-electron chi connectivity index (χ3n) is 1.79. The van der Waals surface area contributed by atoms with Crippen LogP contribution in [0.25, 0.3) is 0 Å². The Morgan fingerprint density at radius 1 is 1.60 bits per heavy atom. The molecule has 0 aliphatic carbocycles. The Kier molecular flexibility index (Phi) is 2.70. The second-order valence-corrected chi connectivity index (χ2v) is 3.48. The van der Waals surface area contributed by atoms with Gasteiger partial charge in [-0.05, 0) is 6.07 Å². The van der Waals surface area contributed by atoms with E-state index in [-0.39, 0.29) is 5.69 Å². The molecule has 78 valence electrons. The average Bonchev–Trinajstić information content (AvgIpc) is 2.69. The number of hydrogen-bond donors (Lipinski definition) is 2. The third-order valence-corrected chi connectivity index (χ3v) is 2.49. The van der Waals surface area contributed by atoms with Crippen molar-refractivity contribution in [2.45, 2.75) is 6.54 Å². The molecule has 0 atom stereocenters. The maximum atomic E-state index is 11.3. The molecular formula is C7H8N6OS. The summed E-state index contributed by atoms with van der Waals surface area (Å²) in [6.07, 6.45) is 3.08. The summed E-state index contributed by atoms with van der Waals surface area (Å²) in [4.78, 5) is 14.9. The summed E-state index contributed by atoms with van der Waals surface area (Å²) in [5.74, 6) is 5.26. The lowest BCUT2D eigenvalue weighted by molar-refractivity contribution is 0.708. The molecule has 0 bridgehead atoms. The summed E-state index contributed by atoms with van der Waals surface area (Å²) >= 11 is 1.14. The predicted octanol–water partition coefficient (Wildman–Crippen LogP) is -0.571.